The minimum absolute atomic E-state index is 0.0789. The number of rotatable bonds is 3. The van der Waals surface area contributed by atoms with E-state index in [2.05, 4.69) is 123 Å². The molecule has 3 nitrogen and oxygen atoms in total. The van der Waals surface area contributed by atoms with E-state index >= 15 is 0 Å². The van der Waals surface area contributed by atoms with E-state index in [0.29, 0.717) is 17.5 Å². The maximum atomic E-state index is 5.07. The molecule has 7 aromatic rings. The molecule has 1 aliphatic rings. The van der Waals surface area contributed by atoms with E-state index in [1.807, 2.05) is 30.0 Å². The Bertz CT molecular complexity index is 2150. The molecule has 0 unspecified atom stereocenters. The van der Waals surface area contributed by atoms with Crippen LogP contribution in [-0.4, -0.2) is 15.0 Å². The van der Waals surface area contributed by atoms with E-state index in [4.69, 9.17) is 15.0 Å². The Labute approximate surface area is 249 Å². The normalized spacial score (nSPS) is 13.6. The van der Waals surface area contributed by atoms with Crippen LogP contribution in [0.5, 0.6) is 0 Å². The Kier molecular flexibility index (Phi) is 5.73. The number of hydrogen-bond donors (Lipinski definition) is 0. The van der Waals surface area contributed by atoms with Crippen LogP contribution in [0, 0.1) is 0 Å². The zero-order chi connectivity index (χ0) is 28.3. The molecule has 0 aliphatic carbocycles. The summed E-state index contributed by atoms with van der Waals surface area (Å²) in [6, 6.07) is 44.9. The van der Waals surface area contributed by atoms with Gasteiger partial charge in [0.15, 0.2) is 17.5 Å². The maximum absolute atomic E-state index is 5.07. The third-order valence-electron chi connectivity index (χ3n) is 8.36. The van der Waals surface area contributed by atoms with Gasteiger partial charge in [0, 0.05) is 31.9 Å². The van der Waals surface area contributed by atoms with Gasteiger partial charge in [-0.05, 0) is 50.9 Å². The first-order valence-corrected chi connectivity index (χ1v) is 15.0. The average Bonchev–Trinajstić information content (AvgIpc) is 3.04. The highest BCUT2D eigenvalue weighted by atomic mass is 32.2. The summed E-state index contributed by atoms with van der Waals surface area (Å²) in [7, 11) is 0. The van der Waals surface area contributed by atoms with Crippen molar-refractivity contribution in [1.82, 2.24) is 15.0 Å². The third kappa shape index (κ3) is 4.10. The van der Waals surface area contributed by atoms with Crippen molar-refractivity contribution in [3.05, 3.63) is 139 Å². The molecule has 42 heavy (non-hydrogen) atoms. The standard InChI is InChI=1S/C38H27N3S/c1-38(2)31-14-8-9-15-33(31)42-34-23-28(19-21-32(34)38)37-40-35(25-11-4-3-5-12-25)39-36(41-37)27-18-20-30-26(22-27)17-16-24-10-6-7-13-29(24)30/h3-23H,1-2H3. The molecule has 200 valence electrons. The molecule has 0 atom stereocenters. The van der Waals surface area contributed by atoms with E-state index in [1.54, 1.807) is 0 Å². The predicted molar refractivity (Wildman–Crippen MR) is 174 cm³/mol. The lowest BCUT2D eigenvalue weighted by Gasteiger charge is -2.34. The smallest absolute Gasteiger partial charge is 0.164 e. The van der Waals surface area contributed by atoms with Crippen LogP contribution in [0.1, 0.15) is 25.0 Å². The van der Waals surface area contributed by atoms with Gasteiger partial charge in [-0.25, -0.2) is 15.0 Å². The van der Waals surface area contributed by atoms with Crippen molar-refractivity contribution in [2.24, 2.45) is 0 Å². The highest BCUT2D eigenvalue weighted by Crippen LogP contribution is 2.49. The highest BCUT2D eigenvalue weighted by Gasteiger charge is 2.33. The van der Waals surface area contributed by atoms with Gasteiger partial charge in [0.05, 0.1) is 0 Å². The summed E-state index contributed by atoms with van der Waals surface area (Å²) in [6.45, 7) is 4.61. The van der Waals surface area contributed by atoms with Crippen LogP contribution in [0.4, 0.5) is 0 Å². The number of aromatic nitrogens is 3. The SMILES string of the molecule is CC1(C)c2ccccc2Sc2cc(-c3nc(-c4ccccc4)nc(-c4ccc5c(ccc6ccccc65)c4)n3)ccc21. The van der Waals surface area contributed by atoms with Crippen LogP contribution in [0.2, 0.25) is 0 Å². The second-order valence-corrected chi connectivity index (χ2v) is 12.4. The molecule has 0 saturated carbocycles. The Balaban J connectivity index is 1.28. The largest absolute Gasteiger partial charge is 0.208 e. The monoisotopic (exact) mass is 557 g/mol. The number of fused-ring (bicyclic) bond motifs is 5. The molecule has 0 spiro atoms. The summed E-state index contributed by atoms with van der Waals surface area (Å²) in [5, 5.41) is 4.88. The van der Waals surface area contributed by atoms with Crippen molar-refractivity contribution in [2.45, 2.75) is 29.1 Å². The van der Waals surface area contributed by atoms with Crippen LogP contribution < -0.4 is 0 Å². The minimum Gasteiger partial charge on any atom is -0.208 e. The molecule has 8 rings (SSSR count). The van der Waals surface area contributed by atoms with Crippen LogP contribution >= 0.6 is 11.8 Å². The van der Waals surface area contributed by atoms with Crippen LogP contribution in [0.3, 0.4) is 0 Å². The van der Waals surface area contributed by atoms with Gasteiger partial charge in [-0.3, -0.25) is 0 Å². The molecule has 6 aromatic carbocycles. The molecule has 0 bridgehead atoms. The molecule has 4 heteroatoms. The Morgan fingerprint density at radius 1 is 0.452 bits per heavy atom. The lowest BCUT2D eigenvalue weighted by atomic mass is 9.77. The quantitative estimate of drug-likeness (QED) is 0.203. The molecular weight excluding hydrogens is 531 g/mol. The second kappa shape index (κ2) is 9.64. The zero-order valence-corrected chi connectivity index (χ0v) is 24.2. The summed E-state index contributed by atoms with van der Waals surface area (Å²) in [5.41, 5.74) is 5.55. The van der Waals surface area contributed by atoms with Gasteiger partial charge in [0.1, 0.15) is 0 Å². The van der Waals surface area contributed by atoms with Crippen molar-refractivity contribution in [2.75, 3.05) is 0 Å². The molecule has 0 saturated heterocycles. The first-order valence-electron chi connectivity index (χ1n) is 14.2. The Hall–Kier alpha value is -4.80. The molecule has 1 aromatic heterocycles. The fourth-order valence-corrected chi connectivity index (χ4v) is 7.54. The lowest BCUT2D eigenvalue weighted by Crippen LogP contribution is -2.23. The topological polar surface area (TPSA) is 38.7 Å². The Morgan fingerprint density at radius 2 is 1.05 bits per heavy atom. The van der Waals surface area contributed by atoms with E-state index in [1.165, 1.54) is 42.5 Å². The molecule has 2 heterocycles. The summed E-state index contributed by atoms with van der Waals surface area (Å²) in [6.07, 6.45) is 0. The van der Waals surface area contributed by atoms with Gasteiger partial charge in [-0.2, -0.15) is 0 Å². The van der Waals surface area contributed by atoms with Crippen molar-refractivity contribution < 1.29 is 0 Å². The van der Waals surface area contributed by atoms with Gasteiger partial charge in [0.25, 0.3) is 0 Å². The summed E-state index contributed by atoms with van der Waals surface area (Å²) < 4.78 is 0. The molecule has 0 radical (unpaired) electrons. The number of hydrogen-bond acceptors (Lipinski definition) is 4. The van der Waals surface area contributed by atoms with E-state index in [-0.39, 0.29) is 5.41 Å². The number of nitrogens with zero attached hydrogens (tertiary/aromatic N) is 3. The highest BCUT2D eigenvalue weighted by molar-refractivity contribution is 7.99. The summed E-state index contributed by atoms with van der Waals surface area (Å²) >= 11 is 1.83. The van der Waals surface area contributed by atoms with Crippen LogP contribution in [-0.2, 0) is 5.41 Å². The van der Waals surface area contributed by atoms with Crippen molar-refractivity contribution in [3.63, 3.8) is 0 Å². The van der Waals surface area contributed by atoms with E-state index < -0.39 is 0 Å². The molecule has 0 N–H and O–H groups in total. The van der Waals surface area contributed by atoms with Gasteiger partial charge < -0.3 is 0 Å². The summed E-state index contributed by atoms with van der Waals surface area (Å²) in [4.78, 5) is 17.6. The fourth-order valence-electron chi connectivity index (χ4n) is 6.10. The van der Waals surface area contributed by atoms with Gasteiger partial charge in [-0.1, -0.05) is 135 Å². The van der Waals surface area contributed by atoms with E-state index in [0.717, 1.165) is 16.7 Å². The van der Waals surface area contributed by atoms with E-state index in [9.17, 15) is 0 Å². The van der Waals surface area contributed by atoms with Crippen LogP contribution in [0.15, 0.2) is 137 Å². The van der Waals surface area contributed by atoms with Gasteiger partial charge in [0.2, 0.25) is 0 Å². The van der Waals surface area contributed by atoms with Crippen molar-refractivity contribution >= 4 is 33.3 Å². The molecule has 1 aliphatic heterocycles. The zero-order valence-electron chi connectivity index (χ0n) is 23.4. The Morgan fingerprint density at radius 3 is 1.88 bits per heavy atom. The lowest BCUT2D eigenvalue weighted by molar-refractivity contribution is 0.607. The fraction of sp³-hybridized carbons (Fsp3) is 0.0789. The molecule has 0 amide bonds. The van der Waals surface area contributed by atoms with Gasteiger partial charge in [-0.15, -0.1) is 0 Å². The predicted octanol–water partition coefficient (Wildman–Crippen LogP) is 9.97. The minimum atomic E-state index is -0.0789. The first kappa shape index (κ1) is 25.0. The molecular formula is C38H27N3S. The van der Waals surface area contributed by atoms with Crippen LogP contribution in [0.25, 0.3) is 55.7 Å². The average molecular weight is 558 g/mol. The van der Waals surface area contributed by atoms with Crippen molar-refractivity contribution in [3.8, 4) is 34.2 Å². The summed E-state index contributed by atoms with van der Waals surface area (Å²) in [5.74, 6) is 2.02. The maximum Gasteiger partial charge on any atom is 0.164 e. The van der Waals surface area contributed by atoms with Gasteiger partial charge >= 0.3 is 0 Å². The third-order valence-corrected chi connectivity index (χ3v) is 9.50. The molecule has 0 fully saturated rings. The number of benzene rings is 6. The first-order chi connectivity index (χ1) is 20.5. The van der Waals surface area contributed by atoms with Crippen molar-refractivity contribution in [1.29, 1.82) is 0 Å². The second-order valence-electron chi connectivity index (χ2n) is 11.3.